The van der Waals surface area contributed by atoms with Gasteiger partial charge in [-0.15, -0.1) is 0 Å². The third kappa shape index (κ3) is 4.06. The van der Waals surface area contributed by atoms with Gasteiger partial charge in [-0.2, -0.15) is 0 Å². The van der Waals surface area contributed by atoms with Crippen LogP contribution in [-0.2, 0) is 22.6 Å². The Morgan fingerprint density at radius 2 is 1.66 bits per heavy atom. The Balaban J connectivity index is 1.43. The largest absolute Gasteiger partial charge is 0.480 e. The number of rotatable bonds is 6. The first-order valence-electron chi connectivity index (χ1n) is 9.29. The third-order valence-corrected chi connectivity index (χ3v) is 4.93. The molecular weight excluding hydrogens is 368 g/mol. The molecule has 146 valence electrons. The molecule has 0 aliphatic carbocycles. The van der Waals surface area contributed by atoms with Crippen LogP contribution in [0.3, 0.4) is 0 Å². The molecule has 0 aliphatic heterocycles. The second kappa shape index (κ2) is 8.06. The number of carbonyl (C=O) groups excluding carboxylic acids is 1. The zero-order chi connectivity index (χ0) is 20.2. The highest BCUT2D eigenvalue weighted by Gasteiger charge is 2.22. The lowest BCUT2D eigenvalue weighted by atomic mass is 10.1. The van der Waals surface area contributed by atoms with E-state index < -0.39 is 18.1 Å². The molecule has 3 N–H and O–H groups in total. The number of carbonyl (C=O) groups is 2. The average Bonchev–Trinajstić information content (AvgIpc) is 3.14. The van der Waals surface area contributed by atoms with Gasteiger partial charge in [0.1, 0.15) is 12.6 Å². The standard InChI is InChI=1S/C23H20N2O4/c26-22(27)21(12-17-13-24-20-11-4-3-10-19(17)20)25-23(28)29-14-16-8-5-7-15-6-1-2-9-18(15)16/h1-11,13,21,24H,12,14H2,(H,25,28)(H,26,27). The van der Waals surface area contributed by atoms with Gasteiger partial charge >= 0.3 is 12.1 Å². The van der Waals surface area contributed by atoms with Crippen molar-refractivity contribution in [2.24, 2.45) is 0 Å². The molecule has 0 saturated carbocycles. The maximum Gasteiger partial charge on any atom is 0.408 e. The highest BCUT2D eigenvalue weighted by molar-refractivity contribution is 5.87. The molecule has 4 aromatic rings. The lowest BCUT2D eigenvalue weighted by molar-refractivity contribution is -0.139. The lowest BCUT2D eigenvalue weighted by Gasteiger charge is -2.15. The first kappa shape index (κ1) is 18.6. The number of para-hydroxylation sites is 1. The number of carboxylic acid groups (broad SMARTS) is 1. The molecule has 6 nitrogen and oxygen atoms in total. The molecular formula is C23H20N2O4. The molecule has 6 heteroatoms. The predicted octanol–water partition coefficient (Wildman–Crippen LogP) is 4.24. The molecule has 0 radical (unpaired) electrons. The number of hydrogen-bond donors (Lipinski definition) is 3. The van der Waals surface area contributed by atoms with Gasteiger partial charge in [0.05, 0.1) is 0 Å². The van der Waals surface area contributed by atoms with Crippen LogP contribution in [0.25, 0.3) is 21.7 Å². The number of nitrogens with one attached hydrogen (secondary N) is 2. The van der Waals surface area contributed by atoms with E-state index in [4.69, 9.17) is 4.74 Å². The van der Waals surface area contributed by atoms with E-state index in [1.165, 1.54) is 0 Å². The van der Waals surface area contributed by atoms with Crippen LogP contribution in [0.5, 0.6) is 0 Å². The van der Waals surface area contributed by atoms with Crippen LogP contribution < -0.4 is 5.32 Å². The molecule has 1 atom stereocenters. The smallest absolute Gasteiger partial charge is 0.408 e. The summed E-state index contributed by atoms with van der Waals surface area (Å²) in [5.41, 5.74) is 2.61. The number of fused-ring (bicyclic) bond motifs is 2. The Kier molecular flexibility index (Phi) is 5.16. The van der Waals surface area contributed by atoms with Crippen LogP contribution in [0.15, 0.2) is 72.9 Å². The summed E-state index contributed by atoms with van der Waals surface area (Å²) in [5, 5.41) is 15.0. The molecule has 0 spiro atoms. The summed E-state index contributed by atoms with van der Waals surface area (Å²) in [6, 6.07) is 20.1. The molecule has 0 saturated heterocycles. The van der Waals surface area contributed by atoms with Crippen molar-refractivity contribution >= 4 is 33.7 Å². The van der Waals surface area contributed by atoms with Crippen molar-refractivity contribution in [2.75, 3.05) is 0 Å². The van der Waals surface area contributed by atoms with Gasteiger partial charge in [-0.05, 0) is 28.0 Å². The van der Waals surface area contributed by atoms with Crippen molar-refractivity contribution in [3.05, 3.63) is 84.1 Å². The van der Waals surface area contributed by atoms with E-state index in [0.717, 1.165) is 32.8 Å². The SMILES string of the molecule is O=C(NC(Cc1c[nH]c2ccccc12)C(=O)O)OCc1cccc2ccccc12. The average molecular weight is 388 g/mol. The minimum Gasteiger partial charge on any atom is -0.480 e. The molecule has 3 aromatic carbocycles. The number of aromatic amines is 1. The third-order valence-electron chi connectivity index (χ3n) is 4.93. The van der Waals surface area contributed by atoms with E-state index in [9.17, 15) is 14.7 Å². The number of ether oxygens (including phenoxy) is 1. The minimum atomic E-state index is -1.11. The number of alkyl carbamates (subject to hydrolysis) is 1. The quantitative estimate of drug-likeness (QED) is 0.461. The van der Waals surface area contributed by atoms with Gasteiger partial charge in [0.2, 0.25) is 0 Å². The number of aliphatic carboxylic acids is 1. The molecule has 4 rings (SSSR count). The van der Waals surface area contributed by atoms with Crippen molar-refractivity contribution in [1.82, 2.24) is 10.3 Å². The minimum absolute atomic E-state index is 0.0621. The Hall–Kier alpha value is -3.80. The van der Waals surface area contributed by atoms with Gasteiger partial charge in [-0.1, -0.05) is 60.7 Å². The van der Waals surface area contributed by atoms with Crippen LogP contribution in [0.2, 0.25) is 0 Å². The number of benzene rings is 3. The number of carboxylic acids is 1. The summed E-state index contributed by atoms with van der Waals surface area (Å²) in [4.78, 5) is 27.0. The summed E-state index contributed by atoms with van der Waals surface area (Å²) in [6.45, 7) is 0.0621. The fraction of sp³-hybridized carbons (Fsp3) is 0.130. The Labute approximate surface area is 167 Å². The number of H-pyrrole nitrogens is 1. The normalized spacial score (nSPS) is 12.0. The van der Waals surface area contributed by atoms with Crippen molar-refractivity contribution in [3.63, 3.8) is 0 Å². The van der Waals surface area contributed by atoms with Crippen LogP contribution in [0.1, 0.15) is 11.1 Å². The summed E-state index contributed by atoms with van der Waals surface area (Å²) in [6.07, 6.45) is 1.16. The molecule has 1 unspecified atom stereocenters. The van der Waals surface area contributed by atoms with Crippen molar-refractivity contribution < 1.29 is 19.4 Å². The van der Waals surface area contributed by atoms with E-state index in [2.05, 4.69) is 10.3 Å². The second-order valence-corrected chi connectivity index (χ2v) is 6.81. The fourth-order valence-corrected chi connectivity index (χ4v) is 3.47. The van der Waals surface area contributed by atoms with Gasteiger partial charge < -0.3 is 20.1 Å². The summed E-state index contributed by atoms with van der Waals surface area (Å²) < 4.78 is 5.30. The van der Waals surface area contributed by atoms with E-state index in [0.29, 0.717) is 0 Å². The molecule has 29 heavy (non-hydrogen) atoms. The molecule has 0 aliphatic rings. The summed E-state index contributed by atoms with van der Waals surface area (Å²) >= 11 is 0. The highest BCUT2D eigenvalue weighted by Crippen LogP contribution is 2.20. The van der Waals surface area contributed by atoms with Crippen molar-refractivity contribution in [1.29, 1.82) is 0 Å². The van der Waals surface area contributed by atoms with E-state index in [1.807, 2.05) is 66.7 Å². The molecule has 0 bridgehead atoms. The van der Waals surface area contributed by atoms with E-state index in [1.54, 1.807) is 6.20 Å². The number of amides is 1. The molecule has 1 amide bonds. The maximum atomic E-state index is 12.3. The molecule has 1 heterocycles. The highest BCUT2D eigenvalue weighted by atomic mass is 16.5. The van der Waals surface area contributed by atoms with Gasteiger partial charge in [-0.3, -0.25) is 0 Å². The van der Waals surface area contributed by atoms with Crippen molar-refractivity contribution in [3.8, 4) is 0 Å². The Morgan fingerprint density at radius 3 is 2.48 bits per heavy atom. The molecule has 1 aromatic heterocycles. The lowest BCUT2D eigenvalue weighted by Crippen LogP contribution is -2.42. The van der Waals surface area contributed by atoms with Crippen LogP contribution in [0.4, 0.5) is 4.79 Å². The Bertz CT molecular complexity index is 1180. The van der Waals surface area contributed by atoms with Crippen molar-refractivity contribution in [2.45, 2.75) is 19.1 Å². The molecule has 0 fully saturated rings. The number of aromatic nitrogens is 1. The maximum absolute atomic E-state index is 12.3. The second-order valence-electron chi connectivity index (χ2n) is 6.81. The number of hydrogen-bond acceptors (Lipinski definition) is 3. The van der Waals surface area contributed by atoms with Crippen LogP contribution in [0, 0.1) is 0 Å². The monoisotopic (exact) mass is 388 g/mol. The van der Waals surface area contributed by atoms with Crippen LogP contribution in [-0.4, -0.2) is 28.2 Å². The van der Waals surface area contributed by atoms with E-state index >= 15 is 0 Å². The predicted molar refractivity (Wildman–Crippen MR) is 111 cm³/mol. The van der Waals surface area contributed by atoms with Gasteiger partial charge in [0.15, 0.2) is 0 Å². The van der Waals surface area contributed by atoms with Gasteiger partial charge in [0, 0.05) is 23.5 Å². The van der Waals surface area contributed by atoms with Crippen LogP contribution >= 0.6 is 0 Å². The summed E-state index contributed by atoms with van der Waals surface area (Å²) in [5.74, 6) is -1.11. The van der Waals surface area contributed by atoms with Gasteiger partial charge in [0.25, 0.3) is 0 Å². The zero-order valence-corrected chi connectivity index (χ0v) is 15.6. The van der Waals surface area contributed by atoms with Gasteiger partial charge in [-0.25, -0.2) is 9.59 Å². The topological polar surface area (TPSA) is 91.4 Å². The zero-order valence-electron chi connectivity index (χ0n) is 15.6. The Morgan fingerprint density at radius 1 is 0.931 bits per heavy atom. The first-order chi connectivity index (χ1) is 14.1. The first-order valence-corrected chi connectivity index (χ1v) is 9.29. The van der Waals surface area contributed by atoms with E-state index in [-0.39, 0.29) is 13.0 Å². The summed E-state index contributed by atoms with van der Waals surface area (Å²) in [7, 11) is 0. The fourth-order valence-electron chi connectivity index (χ4n) is 3.47.